The highest BCUT2D eigenvalue weighted by molar-refractivity contribution is 5.73. The largest absolute Gasteiger partial charge is 0.486 e. The molecule has 0 radical (unpaired) electrons. The molecule has 3 rings (SSSR count). The molecule has 0 atom stereocenters. The lowest BCUT2D eigenvalue weighted by Gasteiger charge is -2.31. The predicted octanol–water partition coefficient (Wildman–Crippen LogP) is 3.20. The molecule has 4 nitrogen and oxygen atoms in total. The van der Waals surface area contributed by atoms with E-state index in [1.54, 1.807) is 0 Å². The number of rotatable bonds is 2. The molecule has 1 saturated carbocycles. The van der Waals surface area contributed by atoms with Crippen molar-refractivity contribution in [2.75, 3.05) is 30.9 Å². The van der Waals surface area contributed by atoms with E-state index in [2.05, 4.69) is 11.9 Å². The first-order valence-electron chi connectivity index (χ1n) is 7.67. The smallest absolute Gasteiger partial charge is 0.163 e. The Morgan fingerprint density at radius 3 is 2.25 bits per heavy atom. The first kappa shape index (κ1) is 13.4. The van der Waals surface area contributed by atoms with Gasteiger partial charge in [-0.05, 0) is 12.8 Å². The Labute approximate surface area is 120 Å². The standard InChI is InChI=1S/C16H24N2O2/c1-18(12-6-4-2-3-5-7-12)14-11-16-15(10-13(14)17)19-8-9-20-16/h10-12H,2-9,17H2,1H3. The lowest BCUT2D eigenvalue weighted by atomic mass is 10.1. The molecule has 1 aliphatic carbocycles. The van der Waals surface area contributed by atoms with E-state index in [4.69, 9.17) is 15.2 Å². The number of nitrogens with two attached hydrogens (primary N) is 1. The van der Waals surface area contributed by atoms with Gasteiger partial charge in [-0.2, -0.15) is 0 Å². The summed E-state index contributed by atoms with van der Waals surface area (Å²) in [6, 6.07) is 4.52. The Morgan fingerprint density at radius 2 is 1.60 bits per heavy atom. The Bertz CT molecular complexity index is 468. The van der Waals surface area contributed by atoms with Gasteiger partial charge in [-0.1, -0.05) is 25.7 Å². The monoisotopic (exact) mass is 276 g/mol. The van der Waals surface area contributed by atoms with Gasteiger partial charge in [0, 0.05) is 25.2 Å². The maximum Gasteiger partial charge on any atom is 0.163 e. The van der Waals surface area contributed by atoms with Gasteiger partial charge in [0.1, 0.15) is 13.2 Å². The van der Waals surface area contributed by atoms with Gasteiger partial charge >= 0.3 is 0 Å². The van der Waals surface area contributed by atoms with E-state index in [1.165, 1.54) is 38.5 Å². The quantitative estimate of drug-likeness (QED) is 0.665. The highest BCUT2D eigenvalue weighted by Gasteiger charge is 2.22. The Balaban J connectivity index is 1.84. The van der Waals surface area contributed by atoms with Crippen LogP contribution in [0.5, 0.6) is 11.5 Å². The molecule has 2 aliphatic rings. The van der Waals surface area contributed by atoms with Crippen molar-refractivity contribution < 1.29 is 9.47 Å². The highest BCUT2D eigenvalue weighted by Crippen LogP contribution is 2.39. The molecule has 1 aliphatic heterocycles. The predicted molar refractivity (Wildman–Crippen MR) is 81.7 cm³/mol. The first-order valence-corrected chi connectivity index (χ1v) is 7.67. The zero-order chi connectivity index (χ0) is 13.9. The minimum absolute atomic E-state index is 0.586. The molecule has 0 unspecified atom stereocenters. The molecule has 0 spiro atoms. The number of benzene rings is 1. The van der Waals surface area contributed by atoms with Gasteiger partial charge in [0.15, 0.2) is 11.5 Å². The average molecular weight is 276 g/mol. The molecule has 20 heavy (non-hydrogen) atoms. The molecule has 1 fully saturated rings. The molecule has 1 aromatic carbocycles. The first-order chi connectivity index (χ1) is 9.75. The second-order valence-corrected chi connectivity index (χ2v) is 5.81. The van der Waals surface area contributed by atoms with Crippen molar-refractivity contribution in [1.29, 1.82) is 0 Å². The molecule has 1 heterocycles. The summed E-state index contributed by atoms with van der Waals surface area (Å²) in [4.78, 5) is 2.33. The van der Waals surface area contributed by atoms with Gasteiger partial charge in [-0.15, -0.1) is 0 Å². The molecule has 0 bridgehead atoms. The van der Waals surface area contributed by atoms with E-state index in [0.717, 1.165) is 22.9 Å². The van der Waals surface area contributed by atoms with Crippen molar-refractivity contribution in [3.05, 3.63) is 12.1 Å². The van der Waals surface area contributed by atoms with Crippen LogP contribution in [0.3, 0.4) is 0 Å². The van der Waals surface area contributed by atoms with Crippen LogP contribution in [0.1, 0.15) is 38.5 Å². The topological polar surface area (TPSA) is 47.7 Å². The number of hydrogen-bond acceptors (Lipinski definition) is 4. The molecule has 0 aromatic heterocycles. The number of nitrogen functional groups attached to an aromatic ring is 1. The maximum absolute atomic E-state index is 6.21. The molecule has 1 aromatic rings. The highest BCUT2D eigenvalue weighted by atomic mass is 16.6. The summed E-state index contributed by atoms with van der Waals surface area (Å²) in [6.45, 7) is 1.22. The lowest BCUT2D eigenvalue weighted by molar-refractivity contribution is 0.172. The minimum atomic E-state index is 0.586. The molecule has 2 N–H and O–H groups in total. The van der Waals surface area contributed by atoms with Crippen LogP contribution < -0.4 is 20.1 Å². The molecule has 110 valence electrons. The number of hydrogen-bond donors (Lipinski definition) is 1. The van der Waals surface area contributed by atoms with Gasteiger partial charge in [0.25, 0.3) is 0 Å². The van der Waals surface area contributed by atoms with Crippen molar-refractivity contribution in [2.24, 2.45) is 0 Å². The molecule has 0 saturated heterocycles. The summed E-state index contributed by atoms with van der Waals surface area (Å²) in [5.74, 6) is 1.59. The fourth-order valence-electron chi connectivity index (χ4n) is 3.24. The second-order valence-electron chi connectivity index (χ2n) is 5.81. The summed E-state index contributed by atoms with van der Waals surface area (Å²) in [6.07, 6.45) is 7.87. The van der Waals surface area contributed by atoms with Crippen molar-refractivity contribution in [1.82, 2.24) is 0 Å². The van der Waals surface area contributed by atoms with Gasteiger partial charge in [-0.25, -0.2) is 0 Å². The van der Waals surface area contributed by atoms with E-state index in [0.29, 0.717) is 19.3 Å². The normalized spacial score (nSPS) is 19.4. The van der Waals surface area contributed by atoms with Crippen LogP contribution in [0.15, 0.2) is 12.1 Å². The zero-order valence-electron chi connectivity index (χ0n) is 12.2. The van der Waals surface area contributed by atoms with Crippen LogP contribution in [-0.4, -0.2) is 26.3 Å². The fraction of sp³-hybridized carbons (Fsp3) is 0.625. The summed E-state index contributed by atoms with van der Waals surface area (Å²) in [7, 11) is 2.15. The maximum atomic E-state index is 6.21. The lowest BCUT2D eigenvalue weighted by Crippen LogP contribution is -2.31. The van der Waals surface area contributed by atoms with E-state index >= 15 is 0 Å². The summed E-state index contributed by atoms with van der Waals surface area (Å²) < 4.78 is 11.3. The van der Waals surface area contributed by atoms with E-state index in [9.17, 15) is 0 Å². The summed E-state index contributed by atoms with van der Waals surface area (Å²) in [5.41, 5.74) is 8.06. The summed E-state index contributed by atoms with van der Waals surface area (Å²) in [5, 5.41) is 0. The molecular weight excluding hydrogens is 252 g/mol. The van der Waals surface area contributed by atoms with Gasteiger partial charge in [0.2, 0.25) is 0 Å². The minimum Gasteiger partial charge on any atom is -0.486 e. The van der Waals surface area contributed by atoms with Crippen LogP contribution >= 0.6 is 0 Å². The van der Waals surface area contributed by atoms with Crippen LogP contribution in [0.2, 0.25) is 0 Å². The second kappa shape index (κ2) is 5.81. The zero-order valence-corrected chi connectivity index (χ0v) is 12.2. The average Bonchev–Trinajstić information content (AvgIpc) is 2.75. The van der Waals surface area contributed by atoms with Crippen molar-refractivity contribution in [2.45, 2.75) is 44.6 Å². The molecular formula is C16H24N2O2. The molecule has 4 heteroatoms. The van der Waals surface area contributed by atoms with Crippen LogP contribution in [0.25, 0.3) is 0 Å². The van der Waals surface area contributed by atoms with Gasteiger partial charge in [-0.3, -0.25) is 0 Å². The van der Waals surface area contributed by atoms with Gasteiger partial charge in [0.05, 0.1) is 11.4 Å². The van der Waals surface area contributed by atoms with Crippen LogP contribution in [0, 0.1) is 0 Å². The Hall–Kier alpha value is -1.58. The molecule has 0 amide bonds. The Kier molecular flexibility index (Phi) is 3.90. The number of anilines is 2. The third kappa shape index (κ3) is 2.65. The SMILES string of the molecule is CN(c1cc2c(cc1N)OCCO2)C1CCCCCC1. The van der Waals surface area contributed by atoms with Crippen molar-refractivity contribution in [3.8, 4) is 11.5 Å². The van der Waals surface area contributed by atoms with E-state index in [1.807, 2.05) is 12.1 Å². The van der Waals surface area contributed by atoms with Crippen LogP contribution in [-0.2, 0) is 0 Å². The Morgan fingerprint density at radius 1 is 1.00 bits per heavy atom. The van der Waals surface area contributed by atoms with Crippen molar-refractivity contribution >= 4 is 11.4 Å². The number of ether oxygens (including phenoxy) is 2. The fourth-order valence-corrected chi connectivity index (χ4v) is 3.24. The number of nitrogens with zero attached hydrogens (tertiary/aromatic N) is 1. The third-order valence-corrected chi connectivity index (χ3v) is 4.44. The van der Waals surface area contributed by atoms with Gasteiger partial charge < -0.3 is 20.1 Å². The van der Waals surface area contributed by atoms with Crippen molar-refractivity contribution in [3.63, 3.8) is 0 Å². The summed E-state index contributed by atoms with van der Waals surface area (Å²) >= 11 is 0. The third-order valence-electron chi connectivity index (χ3n) is 4.44. The van der Waals surface area contributed by atoms with E-state index in [-0.39, 0.29) is 0 Å². The number of fused-ring (bicyclic) bond motifs is 1. The van der Waals surface area contributed by atoms with E-state index < -0.39 is 0 Å². The van der Waals surface area contributed by atoms with Crippen LogP contribution in [0.4, 0.5) is 11.4 Å².